The average Bonchev–Trinajstić information content (AvgIpc) is 3.35. The van der Waals surface area contributed by atoms with Gasteiger partial charge in [-0.3, -0.25) is 9.98 Å². The van der Waals surface area contributed by atoms with E-state index >= 15 is 0 Å². The predicted octanol–water partition coefficient (Wildman–Crippen LogP) is 4.54. The first-order valence-electron chi connectivity index (χ1n) is 8.82. The molecule has 2 aromatic heterocycles. The molecule has 0 bridgehead atoms. The Balaban J connectivity index is 1.67. The summed E-state index contributed by atoms with van der Waals surface area (Å²) in [6, 6.07) is 15.5. The Hall–Kier alpha value is -2.27. The second-order valence-electron chi connectivity index (χ2n) is 6.63. The fourth-order valence-corrected chi connectivity index (χ4v) is 5.36. The topological polar surface area (TPSA) is 44.3 Å². The Morgan fingerprint density at radius 2 is 2.08 bits per heavy atom. The number of aliphatic imine (C=N–C) groups is 1. The highest BCUT2D eigenvalue weighted by atomic mass is 32.2. The number of para-hydroxylation sites is 1. The lowest BCUT2D eigenvalue weighted by Gasteiger charge is -2.31. The summed E-state index contributed by atoms with van der Waals surface area (Å²) in [5, 5.41) is 2.47. The molecule has 0 amide bonds. The number of aromatic nitrogens is 2. The lowest BCUT2D eigenvalue weighted by Crippen LogP contribution is -2.35. The van der Waals surface area contributed by atoms with Crippen LogP contribution < -0.4 is 0 Å². The van der Waals surface area contributed by atoms with Crippen LogP contribution in [0.5, 0.6) is 0 Å². The van der Waals surface area contributed by atoms with Crippen molar-refractivity contribution in [2.75, 3.05) is 5.75 Å². The van der Waals surface area contributed by atoms with Gasteiger partial charge in [-0.15, -0.1) is 0 Å². The van der Waals surface area contributed by atoms with E-state index in [9.17, 15) is 0 Å². The maximum Gasteiger partial charge on any atom is 0.160 e. The van der Waals surface area contributed by atoms with Crippen molar-refractivity contribution < 1.29 is 0 Å². The molecule has 1 saturated heterocycles. The molecule has 126 valence electrons. The van der Waals surface area contributed by atoms with E-state index in [1.807, 2.05) is 24.0 Å². The van der Waals surface area contributed by atoms with Crippen molar-refractivity contribution in [3.8, 4) is 0 Å². The Morgan fingerprint density at radius 3 is 2.92 bits per heavy atom. The minimum absolute atomic E-state index is 0.0530. The number of H-pyrrole nitrogens is 1. The molecule has 3 atom stereocenters. The number of nitrogens with zero attached hydrogens (tertiary/aromatic N) is 3. The minimum Gasteiger partial charge on any atom is -0.361 e. The number of amidine groups is 1. The van der Waals surface area contributed by atoms with Gasteiger partial charge in [-0.25, -0.2) is 0 Å². The number of fused-ring (bicyclic) bond motifs is 2. The highest BCUT2D eigenvalue weighted by Gasteiger charge is 2.46. The Kier molecular flexibility index (Phi) is 3.55. The summed E-state index contributed by atoms with van der Waals surface area (Å²) in [6.45, 7) is 2.27. The zero-order valence-electron chi connectivity index (χ0n) is 14.1. The number of nitrogens with one attached hydrogen (secondary N) is 1. The van der Waals surface area contributed by atoms with Gasteiger partial charge in [0.05, 0.1) is 11.7 Å². The maximum absolute atomic E-state index is 5.09. The first kappa shape index (κ1) is 15.0. The molecule has 0 radical (unpaired) electrons. The van der Waals surface area contributed by atoms with Gasteiger partial charge in [0.25, 0.3) is 0 Å². The van der Waals surface area contributed by atoms with E-state index in [0.717, 1.165) is 17.9 Å². The van der Waals surface area contributed by atoms with Crippen molar-refractivity contribution in [2.24, 2.45) is 4.99 Å². The molecule has 4 heterocycles. The van der Waals surface area contributed by atoms with Gasteiger partial charge in [0.15, 0.2) is 5.17 Å². The summed E-state index contributed by atoms with van der Waals surface area (Å²) in [5.41, 5.74) is 3.56. The summed E-state index contributed by atoms with van der Waals surface area (Å²) in [5.74, 6) is 1.13. The van der Waals surface area contributed by atoms with Crippen molar-refractivity contribution in [3.63, 3.8) is 0 Å². The molecule has 2 aliphatic heterocycles. The Labute approximate surface area is 151 Å². The highest BCUT2D eigenvalue weighted by Crippen LogP contribution is 2.49. The monoisotopic (exact) mass is 348 g/mol. The molecule has 1 fully saturated rings. The van der Waals surface area contributed by atoms with Crippen LogP contribution in [0.2, 0.25) is 0 Å². The van der Waals surface area contributed by atoms with Crippen molar-refractivity contribution >= 4 is 27.8 Å². The second-order valence-corrected chi connectivity index (χ2v) is 7.61. The third kappa shape index (κ3) is 2.29. The second kappa shape index (κ2) is 5.92. The molecule has 3 aromatic rings. The summed E-state index contributed by atoms with van der Waals surface area (Å²) in [6.07, 6.45) is 5.18. The first-order chi connectivity index (χ1) is 12.4. The molecule has 0 spiro atoms. The molecule has 0 saturated carbocycles. The smallest absolute Gasteiger partial charge is 0.160 e. The van der Waals surface area contributed by atoms with Crippen molar-refractivity contribution in [3.05, 3.63) is 66.1 Å². The van der Waals surface area contributed by atoms with Crippen LogP contribution in [-0.4, -0.2) is 31.8 Å². The van der Waals surface area contributed by atoms with Crippen LogP contribution in [0.25, 0.3) is 10.9 Å². The zero-order valence-corrected chi connectivity index (χ0v) is 14.9. The van der Waals surface area contributed by atoms with Gasteiger partial charge in [-0.2, -0.15) is 0 Å². The van der Waals surface area contributed by atoms with Gasteiger partial charge in [0.2, 0.25) is 0 Å². The van der Waals surface area contributed by atoms with Crippen LogP contribution in [0, 0.1) is 0 Å². The Bertz CT molecular complexity index is 933. The van der Waals surface area contributed by atoms with Gasteiger partial charge in [-0.05, 0) is 24.6 Å². The number of aromatic amines is 1. The lowest BCUT2D eigenvalue weighted by atomic mass is 9.95. The fraction of sp³-hybridized carbons (Fsp3) is 0.300. The zero-order chi connectivity index (χ0) is 16.8. The molecule has 5 rings (SSSR count). The molecular formula is C20H20N4S. The van der Waals surface area contributed by atoms with E-state index in [1.54, 1.807) is 0 Å². The molecule has 25 heavy (non-hydrogen) atoms. The van der Waals surface area contributed by atoms with Crippen LogP contribution in [0.4, 0.5) is 0 Å². The molecule has 1 N–H and O–H groups in total. The van der Waals surface area contributed by atoms with Gasteiger partial charge in [0.1, 0.15) is 6.04 Å². The minimum atomic E-state index is 0.0530. The summed E-state index contributed by atoms with van der Waals surface area (Å²) >= 11 is 1.89. The highest BCUT2D eigenvalue weighted by molar-refractivity contribution is 8.14. The van der Waals surface area contributed by atoms with E-state index in [-0.39, 0.29) is 12.1 Å². The fourth-order valence-electron chi connectivity index (χ4n) is 4.03. The van der Waals surface area contributed by atoms with Crippen LogP contribution >= 0.6 is 11.8 Å². The van der Waals surface area contributed by atoms with E-state index in [4.69, 9.17) is 4.99 Å². The molecule has 0 aliphatic carbocycles. The van der Waals surface area contributed by atoms with Crippen LogP contribution in [0.15, 0.2) is 59.9 Å². The third-order valence-corrected chi connectivity index (χ3v) is 6.40. The maximum atomic E-state index is 5.09. The SMILES string of the molecule is CC[C@@H]1CSC2=N[C@@H](c3ccccn3)[C@@H](c3c[nH]c4ccccc34)N21. The van der Waals surface area contributed by atoms with Crippen LogP contribution in [-0.2, 0) is 0 Å². The molecular weight excluding hydrogens is 328 g/mol. The molecule has 5 heteroatoms. The standard InChI is InChI=1S/C20H20N4S/c1-2-13-12-25-20-23-18(17-9-5-6-10-21-17)19(24(13)20)15-11-22-16-8-4-3-7-14(15)16/h3-11,13,18-19,22H,2,12H2,1H3/t13-,18+,19-/m1/s1. The van der Waals surface area contributed by atoms with Crippen molar-refractivity contribution in [1.82, 2.24) is 14.9 Å². The third-order valence-electron chi connectivity index (χ3n) is 5.27. The van der Waals surface area contributed by atoms with E-state index < -0.39 is 0 Å². The lowest BCUT2D eigenvalue weighted by molar-refractivity contribution is 0.256. The quantitative estimate of drug-likeness (QED) is 0.755. The first-order valence-corrected chi connectivity index (χ1v) is 9.81. The van der Waals surface area contributed by atoms with Crippen LogP contribution in [0.3, 0.4) is 0 Å². The number of hydrogen-bond donors (Lipinski definition) is 1. The van der Waals surface area contributed by atoms with Crippen molar-refractivity contribution in [2.45, 2.75) is 31.5 Å². The number of benzene rings is 1. The van der Waals surface area contributed by atoms with E-state index in [1.165, 1.54) is 21.6 Å². The average molecular weight is 348 g/mol. The molecule has 1 aromatic carbocycles. The summed E-state index contributed by atoms with van der Waals surface area (Å²) in [7, 11) is 0. The number of thioether (sulfide) groups is 1. The number of pyridine rings is 1. The molecule has 4 nitrogen and oxygen atoms in total. The largest absolute Gasteiger partial charge is 0.361 e. The van der Waals surface area contributed by atoms with Gasteiger partial charge < -0.3 is 9.88 Å². The van der Waals surface area contributed by atoms with Gasteiger partial charge in [0, 0.05) is 40.7 Å². The predicted molar refractivity (Wildman–Crippen MR) is 104 cm³/mol. The van der Waals surface area contributed by atoms with Crippen LogP contribution in [0.1, 0.15) is 36.7 Å². The summed E-state index contributed by atoms with van der Waals surface area (Å²) < 4.78 is 0. The van der Waals surface area contributed by atoms with Gasteiger partial charge >= 0.3 is 0 Å². The number of rotatable bonds is 3. The summed E-state index contributed by atoms with van der Waals surface area (Å²) in [4.78, 5) is 15.7. The normalized spacial score (nSPS) is 25.4. The van der Waals surface area contributed by atoms with E-state index in [2.05, 4.69) is 64.4 Å². The van der Waals surface area contributed by atoms with Gasteiger partial charge in [-0.1, -0.05) is 43.0 Å². The van der Waals surface area contributed by atoms with E-state index in [0.29, 0.717) is 6.04 Å². The number of hydrogen-bond acceptors (Lipinski definition) is 4. The van der Waals surface area contributed by atoms with Crippen molar-refractivity contribution in [1.29, 1.82) is 0 Å². The Morgan fingerprint density at radius 1 is 1.20 bits per heavy atom. The molecule has 2 aliphatic rings. The molecule has 0 unspecified atom stereocenters.